The third-order valence-corrected chi connectivity index (χ3v) is 9.83. The molecule has 0 amide bonds. The first-order valence-corrected chi connectivity index (χ1v) is 14.8. The number of morpholine rings is 1. The molecule has 39 heavy (non-hydrogen) atoms. The molecule has 14 heteroatoms. The van der Waals surface area contributed by atoms with Gasteiger partial charge in [-0.1, -0.05) is 0 Å². The van der Waals surface area contributed by atoms with Gasteiger partial charge in [-0.05, 0) is 30.3 Å². The molecule has 2 N–H and O–H groups in total. The average Bonchev–Trinajstić information content (AvgIpc) is 3.36. The second-order valence-corrected chi connectivity index (χ2v) is 12.4. The van der Waals surface area contributed by atoms with Crippen LogP contribution in [0.3, 0.4) is 0 Å². The highest BCUT2D eigenvalue weighted by atomic mass is 32.2. The van der Waals surface area contributed by atoms with Crippen molar-refractivity contribution in [2.24, 2.45) is 0 Å². The van der Waals surface area contributed by atoms with Crippen molar-refractivity contribution in [1.29, 1.82) is 0 Å². The van der Waals surface area contributed by atoms with Crippen LogP contribution in [0.2, 0.25) is 0 Å². The number of aromatic nitrogens is 4. The number of benzene rings is 1. The van der Waals surface area contributed by atoms with E-state index in [0.717, 1.165) is 34.0 Å². The van der Waals surface area contributed by atoms with Crippen molar-refractivity contribution in [3.63, 3.8) is 0 Å². The summed E-state index contributed by atoms with van der Waals surface area (Å²) >= 11 is 1.65. The molecule has 2 aliphatic rings. The van der Waals surface area contributed by atoms with Crippen molar-refractivity contribution < 1.29 is 17.5 Å². The number of piperazine rings is 1. The van der Waals surface area contributed by atoms with Crippen molar-refractivity contribution in [3.05, 3.63) is 53.4 Å². The van der Waals surface area contributed by atoms with E-state index in [4.69, 9.17) is 20.4 Å². The van der Waals surface area contributed by atoms with Crippen LogP contribution in [-0.4, -0.2) is 90.0 Å². The van der Waals surface area contributed by atoms with Gasteiger partial charge in [-0.25, -0.2) is 32.7 Å². The number of thiophene rings is 1. The maximum absolute atomic E-state index is 13.3. The minimum atomic E-state index is -3.66. The number of hydrogen-bond donors (Lipinski definition) is 1. The van der Waals surface area contributed by atoms with Gasteiger partial charge in [0.25, 0.3) is 0 Å². The minimum absolute atomic E-state index is 0.110. The Labute approximate surface area is 229 Å². The minimum Gasteiger partial charge on any atom is -0.378 e. The molecule has 1 aromatic carbocycles. The molecule has 0 unspecified atom stereocenters. The highest BCUT2D eigenvalue weighted by Crippen LogP contribution is 2.35. The van der Waals surface area contributed by atoms with E-state index in [1.165, 1.54) is 28.6 Å². The van der Waals surface area contributed by atoms with E-state index in [1.54, 1.807) is 23.7 Å². The lowest BCUT2D eigenvalue weighted by molar-refractivity contribution is 0.122. The molecule has 204 valence electrons. The third-order valence-electron chi connectivity index (χ3n) is 6.81. The van der Waals surface area contributed by atoms with Crippen LogP contribution in [0.15, 0.2) is 47.6 Å². The third kappa shape index (κ3) is 5.43. The Morgan fingerprint density at radius 1 is 0.974 bits per heavy atom. The summed E-state index contributed by atoms with van der Waals surface area (Å²) in [5, 5.41) is 0. The molecule has 0 radical (unpaired) electrons. The SMILES string of the molecule is Nc1ncc(-c2nc(N3CCOCC3)c3sc(CN4CCN(S(=O)(=O)c5ccc(F)cc5)CC4)cc3n2)cn1. The van der Waals surface area contributed by atoms with E-state index in [0.29, 0.717) is 57.3 Å². The topological polar surface area (TPSA) is 131 Å². The first-order chi connectivity index (χ1) is 18.9. The van der Waals surface area contributed by atoms with Gasteiger partial charge in [0.2, 0.25) is 16.0 Å². The van der Waals surface area contributed by atoms with Crippen molar-refractivity contribution in [2.75, 3.05) is 63.1 Å². The molecule has 0 spiro atoms. The summed E-state index contributed by atoms with van der Waals surface area (Å²) in [6, 6.07) is 7.04. The Bertz CT molecular complexity index is 1570. The molecule has 3 aromatic heterocycles. The maximum atomic E-state index is 13.3. The van der Waals surface area contributed by atoms with E-state index < -0.39 is 15.8 Å². The number of sulfonamides is 1. The first-order valence-electron chi connectivity index (χ1n) is 12.6. The number of nitrogen functional groups attached to an aromatic ring is 1. The van der Waals surface area contributed by atoms with Crippen LogP contribution in [0.4, 0.5) is 16.2 Å². The van der Waals surface area contributed by atoms with Gasteiger partial charge in [-0.3, -0.25) is 4.90 Å². The number of halogens is 1. The van der Waals surface area contributed by atoms with Gasteiger partial charge in [0.05, 0.1) is 33.9 Å². The molecule has 0 atom stereocenters. The van der Waals surface area contributed by atoms with Gasteiger partial charge in [-0.2, -0.15) is 4.31 Å². The first kappa shape index (κ1) is 26.0. The normalized spacial score (nSPS) is 17.6. The number of nitrogens with two attached hydrogens (primary N) is 1. The molecule has 0 bridgehead atoms. The van der Waals surface area contributed by atoms with Gasteiger partial charge in [0.15, 0.2) is 11.6 Å². The number of ether oxygens (including phenoxy) is 1. The van der Waals surface area contributed by atoms with Gasteiger partial charge in [0.1, 0.15) is 5.82 Å². The van der Waals surface area contributed by atoms with Crippen LogP contribution < -0.4 is 10.6 Å². The molecule has 0 aliphatic carbocycles. The summed E-state index contributed by atoms with van der Waals surface area (Å²) in [5.74, 6) is 1.13. The van der Waals surface area contributed by atoms with Crippen LogP contribution in [0, 0.1) is 5.82 Å². The quantitative estimate of drug-likeness (QED) is 0.368. The van der Waals surface area contributed by atoms with Gasteiger partial charge < -0.3 is 15.4 Å². The lowest BCUT2D eigenvalue weighted by atomic mass is 10.3. The van der Waals surface area contributed by atoms with E-state index in [9.17, 15) is 12.8 Å². The molecule has 0 saturated carbocycles. The zero-order chi connectivity index (χ0) is 27.0. The van der Waals surface area contributed by atoms with E-state index >= 15 is 0 Å². The molecular formula is C25H27FN8O3S2. The molecule has 4 aromatic rings. The fourth-order valence-electron chi connectivity index (χ4n) is 4.72. The van der Waals surface area contributed by atoms with Crippen LogP contribution in [-0.2, 0) is 21.3 Å². The number of fused-ring (bicyclic) bond motifs is 1. The Hall–Kier alpha value is -3.30. The maximum Gasteiger partial charge on any atom is 0.243 e. The number of anilines is 2. The van der Waals surface area contributed by atoms with Crippen molar-refractivity contribution in [3.8, 4) is 11.4 Å². The van der Waals surface area contributed by atoms with Crippen LogP contribution in [0.1, 0.15) is 4.88 Å². The zero-order valence-corrected chi connectivity index (χ0v) is 22.7. The van der Waals surface area contributed by atoms with Gasteiger partial charge in [-0.15, -0.1) is 11.3 Å². The van der Waals surface area contributed by atoms with E-state index in [-0.39, 0.29) is 10.8 Å². The highest BCUT2D eigenvalue weighted by Gasteiger charge is 2.29. The molecule has 11 nitrogen and oxygen atoms in total. The van der Waals surface area contributed by atoms with Crippen molar-refractivity contribution in [2.45, 2.75) is 11.4 Å². The van der Waals surface area contributed by atoms with Crippen molar-refractivity contribution in [1.82, 2.24) is 29.1 Å². The summed E-state index contributed by atoms with van der Waals surface area (Å²) in [6.45, 7) is 5.33. The number of hydrogen-bond acceptors (Lipinski definition) is 11. The van der Waals surface area contributed by atoms with Crippen molar-refractivity contribution >= 4 is 43.3 Å². The van der Waals surface area contributed by atoms with Gasteiger partial charge in [0, 0.05) is 63.1 Å². The zero-order valence-electron chi connectivity index (χ0n) is 21.0. The predicted octanol–water partition coefficient (Wildman–Crippen LogP) is 2.21. The molecule has 2 fully saturated rings. The Morgan fingerprint density at radius 2 is 1.67 bits per heavy atom. The summed E-state index contributed by atoms with van der Waals surface area (Å²) in [6.07, 6.45) is 3.25. The Kier molecular flexibility index (Phi) is 7.12. The van der Waals surface area contributed by atoms with Crippen LogP contribution in [0.5, 0.6) is 0 Å². The summed E-state index contributed by atoms with van der Waals surface area (Å²) in [5.41, 5.74) is 7.19. The second kappa shape index (κ2) is 10.7. The fourth-order valence-corrected chi connectivity index (χ4v) is 7.30. The average molecular weight is 571 g/mol. The van der Waals surface area contributed by atoms with E-state index in [1.807, 2.05) is 0 Å². The monoisotopic (exact) mass is 570 g/mol. The molecular weight excluding hydrogens is 543 g/mol. The number of rotatable bonds is 6. The molecule has 5 heterocycles. The van der Waals surface area contributed by atoms with Crippen LogP contribution in [0.25, 0.3) is 21.6 Å². The molecule has 2 aliphatic heterocycles. The van der Waals surface area contributed by atoms with Gasteiger partial charge >= 0.3 is 0 Å². The standard InChI is InChI=1S/C25H27FN8O3S2/c26-18-1-3-20(4-2-18)39(35,36)34-7-5-32(6-8-34)16-19-13-21-22(38-19)24(33-9-11-37-12-10-33)31-23(30-21)17-14-28-25(27)29-15-17/h1-4,13-15H,5-12,16H2,(H2,27,28,29). The summed E-state index contributed by atoms with van der Waals surface area (Å²) in [4.78, 5) is 23.6. The molecule has 2 saturated heterocycles. The lowest BCUT2D eigenvalue weighted by Gasteiger charge is -2.33. The summed E-state index contributed by atoms with van der Waals surface area (Å²) < 4.78 is 47.2. The van der Waals surface area contributed by atoms with E-state index in [2.05, 4.69) is 25.8 Å². The lowest BCUT2D eigenvalue weighted by Crippen LogP contribution is -2.48. The van der Waals surface area contributed by atoms with Crippen LogP contribution >= 0.6 is 11.3 Å². The number of nitrogens with zero attached hydrogens (tertiary/aromatic N) is 7. The predicted molar refractivity (Wildman–Crippen MR) is 146 cm³/mol. The fraction of sp³-hybridized carbons (Fsp3) is 0.360. The Balaban J connectivity index is 1.22. The summed E-state index contributed by atoms with van der Waals surface area (Å²) in [7, 11) is -3.66. The molecule has 6 rings (SSSR count). The Morgan fingerprint density at radius 3 is 2.36 bits per heavy atom. The smallest absolute Gasteiger partial charge is 0.243 e. The largest absolute Gasteiger partial charge is 0.378 e. The highest BCUT2D eigenvalue weighted by molar-refractivity contribution is 7.89. The second-order valence-electron chi connectivity index (χ2n) is 9.36.